The fraction of sp³-hybridized carbons (Fsp3) is 0.176. The molecule has 8 heteroatoms. The van der Waals surface area contributed by atoms with E-state index in [4.69, 9.17) is 31.5 Å². The van der Waals surface area contributed by atoms with Crippen LogP contribution in [0.15, 0.2) is 36.4 Å². The monoisotopic (exact) mass is 362 g/mol. The summed E-state index contributed by atoms with van der Waals surface area (Å²) in [6, 6.07) is 9.81. The van der Waals surface area contributed by atoms with Crippen molar-refractivity contribution in [1.29, 1.82) is 0 Å². The zero-order valence-corrected chi connectivity index (χ0v) is 13.8. The van der Waals surface area contributed by atoms with E-state index >= 15 is 0 Å². The van der Waals surface area contributed by atoms with Crippen molar-refractivity contribution in [3.63, 3.8) is 0 Å². The molecule has 0 saturated heterocycles. The molecular weight excluding hydrogens is 348 g/mol. The van der Waals surface area contributed by atoms with Crippen LogP contribution in [-0.2, 0) is 16.1 Å². The maximum Gasteiger partial charge on any atom is 0.340 e. The van der Waals surface area contributed by atoms with Gasteiger partial charge in [-0.05, 0) is 35.9 Å². The lowest BCUT2D eigenvalue weighted by atomic mass is 10.2. The lowest BCUT2D eigenvalue weighted by molar-refractivity contribution is -0.124. The molecule has 7 nitrogen and oxygen atoms in total. The topological polar surface area (TPSA) is 99.9 Å². The van der Waals surface area contributed by atoms with E-state index in [9.17, 15) is 9.59 Å². The van der Waals surface area contributed by atoms with E-state index in [1.54, 1.807) is 18.2 Å². The first-order valence-electron chi connectivity index (χ1n) is 7.40. The molecule has 1 aliphatic heterocycles. The van der Waals surface area contributed by atoms with Crippen LogP contribution in [0.4, 0.5) is 5.69 Å². The highest BCUT2D eigenvalue weighted by molar-refractivity contribution is 6.31. The highest BCUT2D eigenvalue weighted by atomic mass is 35.5. The normalized spacial score (nSPS) is 11.9. The first-order chi connectivity index (χ1) is 12.0. The number of anilines is 1. The molecule has 3 rings (SSSR count). The number of hydrogen-bond donors (Lipinski definition) is 2. The molecular formula is C17H15ClN2O5. The van der Waals surface area contributed by atoms with Gasteiger partial charge >= 0.3 is 5.97 Å². The Labute approximate surface area is 148 Å². The molecule has 0 fully saturated rings. The smallest absolute Gasteiger partial charge is 0.340 e. The van der Waals surface area contributed by atoms with Gasteiger partial charge in [0.05, 0.1) is 5.56 Å². The molecule has 1 amide bonds. The van der Waals surface area contributed by atoms with Gasteiger partial charge in [-0.3, -0.25) is 4.79 Å². The van der Waals surface area contributed by atoms with Crippen molar-refractivity contribution in [1.82, 2.24) is 5.32 Å². The number of carbonyl (C=O) groups excluding carboxylic acids is 2. The Morgan fingerprint density at radius 2 is 1.96 bits per heavy atom. The molecule has 3 N–H and O–H groups in total. The summed E-state index contributed by atoms with van der Waals surface area (Å²) in [5, 5.41) is 3.01. The van der Waals surface area contributed by atoms with E-state index in [0.29, 0.717) is 16.5 Å². The number of ether oxygens (including phenoxy) is 3. The van der Waals surface area contributed by atoms with E-state index < -0.39 is 18.5 Å². The first-order valence-corrected chi connectivity index (χ1v) is 7.78. The maximum atomic E-state index is 12.0. The molecule has 0 unspecified atom stereocenters. The highest BCUT2D eigenvalue weighted by Gasteiger charge is 2.15. The van der Waals surface area contributed by atoms with E-state index in [2.05, 4.69) is 5.32 Å². The molecule has 1 aliphatic rings. The van der Waals surface area contributed by atoms with Gasteiger partial charge in [-0.1, -0.05) is 17.7 Å². The molecule has 0 aromatic heterocycles. The average molecular weight is 363 g/mol. The minimum Gasteiger partial charge on any atom is -0.454 e. The average Bonchev–Trinajstić information content (AvgIpc) is 3.07. The van der Waals surface area contributed by atoms with E-state index in [-0.39, 0.29) is 24.6 Å². The Morgan fingerprint density at radius 1 is 1.16 bits per heavy atom. The molecule has 130 valence electrons. The van der Waals surface area contributed by atoms with Gasteiger partial charge in [0.25, 0.3) is 5.91 Å². The quantitative estimate of drug-likeness (QED) is 0.624. The number of amides is 1. The van der Waals surface area contributed by atoms with Gasteiger partial charge in [-0.2, -0.15) is 0 Å². The molecule has 0 bridgehead atoms. The van der Waals surface area contributed by atoms with Gasteiger partial charge < -0.3 is 25.3 Å². The standard InChI is InChI=1S/C17H15ClN2O5/c18-11-2-3-13(19)12(6-11)17(22)23-8-16(21)20-7-10-1-4-14-15(5-10)25-9-24-14/h1-6H,7-9,19H2,(H,20,21). The summed E-state index contributed by atoms with van der Waals surface area (Å²) < 4.78 is 15.4. The molecule has 0 atom stereocenters. The van der Waals surface area contributed by atoms with Crippen LogP contribution < -0.4 is 20.5 Å². The van der Waals surface area contributed by atoms with Crippen molar-refractivity contribution in [2.45, 2.75) is 6.54 Å². The zero-order chi connectivity index (χ0) is 17.8. The van der Waals surface area contributed by atoms with Crippen molar-refractivity contribution >= 4 is 29.2 Å². The zero-order valence-electron chi connectivity index (χ0n) is 13.1. The van der Waals surface area contributed by atoms with E-state index in [0.717, 1.165) is 5.56 Å². The Morgan fingerprint density at radius 3 is 2.80 bits per heavy atom. The Balaban J connectivity index is 1.49. The summed E-state index contributed by atoms with van der Waals surface area (Å²) in [5.41, 5.74) is 6.88. The number of nitrogens with one attached hydrogen (secondary N) is 1. The number of benzene rings is 2. The number of halogens is 1. The van der Waals surface area contributed by atoms with Gasteiger partial charge in [-0.25, -0.2) is 4.79 Å². The Bertz CT molecular complexity index is 825. The van der Waals surface area contributed by atoms with Crippen LogP contribution in [0.5, 0.6) is 11.5 Å². The lowest BCUT2D eigenvalue weighted by Gasteiger charge is -2.08. The van der Waals surface area contributed by atoms with Gasteiger partial charge in [0, 0.05) is 17.3 Å². The summed E-state index contributed by atoms with van der Waals surface area (Å²) in [4.78, 5) is 23.8. The molecule has 25 heavy (non-hydrogen) atoms. The van der Waals surface area contributed by atoms with Crippen molar-refractivity contribution < 1.29 is 23.8 Å². The predicted octanol–water partition coefficient (Wildman–Crippen LogP) is 2.12. The number of nitrogens with two attached hydrogens (primary N) is 1. The fourth-order valence-corrected chi connectivity index (χ4v) is 2.39. The third-order valence-electron chi connectivity index (χ3n) is 3.50. The second-order valence-corrected chi connectivity index (χ2v) is 5.71. The molecule has 0 saturated carbocycles. The van der Waals surface area contributed by atoms with E-state index in [1.807, 2.05) is 6.07 Å². The summed E-state index contributed by atoms with van der Waals surface area (Å²) in [7, 11) is 0. The third-order valence-corrected chi connectivity index (χ3v) is 3.73. The number of carbonyl (C=O) groups is 2. The van der Waals surface area contributed by atoms with Crippen molar-refractivity contribution in [3.8, 4) is 11.5 Å². The lowest BCUT2D eigenvalue weighted by Crippen LogP contribution is -2.28. The number of hydrogen-bond acceptors (Lipinski definition) is 6. The van der Waals surface area contributed by atoms with Gasteiger partial charge in [0.2, 0.25) is 6.79 Å². The largest absolute Gasteiger partial charge is 0.454 e. The third kappa shape index (κ3) is 4.13. The Hall–Kier alpha value is -2.93. The van der Waals surface area contributed by atoms with Gasteiger partial charge in [0.15, 0.2) is 18.1 Å². The van der Waals surface area contributed by atoms with Crippen LogP contribution in [0.25, 0.3) is 0 Å². The molecule has 2 aromatic carbocycles. The van der Waals surface area contributed by atoms with Crippen molar-refractivity contribution in [2.24, 2.45) is 0 Å². The van der Waals surface area contributed by atoms with Gasteiger partial charge in [-0.15, -0.1) is 0 Å². The molecule has 0 spiro atoms. The Kier molecular flexibility index (Phi) is 4.95. The van der Waals surface area contributed by atoms with Crippen LogP contribution in [0.1, 0.15) is 15.9 Å². The summed E-state index contributed by atoms with van der Waals surface area (Å²) in [6.45, 7) is 0.0371. The number of rotatable bonds is 5. The molecule has 0 aliphatic carbocycles. The van der Waals surface area contributed by atoms with E-state index in [1.165, 1.54) is 12.1 Å². The predicted molar refractivity (Wildman–Crippen MR) is 90.6 cm³/mol. The number of fused-ring (bicyclic) bond motifs is 1. The molecule has 0 radical (unpaired) electrons. The first kappa shape index (κ1) is 16.9. The number of esters is 1. The minimum atomic E-state index is -0.710. The summed E-state index contributed by atoms with van der Waals surface area (Å²) in [6.07, 6.45) is 0. The summed E-state index contributed by atoms with van der Waals surface area (Å²) in [5.74, 6) is 0.155. The highest BCUT2D eigenvalue weighted by Crippen LogP contribution is 2.32. The second kappa shape index (κ2) is 7.31. The van der Waals surface area contributed by atoms with Crippen LogP contribution >= 0.6 is 11.6 Å². The van der Waals surface area contributed by atoms with Crippen molar-refractivity contribution in [2.75, 3.05) is 19.1 Å². The molecule has 1 heterocycles. The van der Waals surface area contributed by atoms with Crippen LogP contribution in [-0.4, -0.2) is 25.3 Å². The van der Waals surface area contributed by atoms with Gasteiger partial charge in [0.1, 0.15) is 0 Å². The minimum absolute atomic E-state index is 0.121. The molecule has 2 aromatic rings. The van der Waals surface area contributed by atoms with Crippen LogP contribution in [0.3, 0.4) is 0 Å². The fourth-order valence-electron chi connectivity index (χ4n) is 2.22. The maximum absolute atomic E-state index is 12.0. The summed E-state index contributed by atoms with van der Waals surface area (Å²) >= 11 is 5.82. The van der Waals surface area contributed by atoms with Crippen LogP contribution in [0.2, 0.25) is 5.02 Å². The SMILES string of the molecule is Nc1ccc(Cl)cc1C(=O)OCC(=O)NCc1ccc2c(c1)OCO2. The number of nitrogen functional groups attached to an aromatic ring is 1. The van der Waals surface area contributed by atoms with Crippen molar-refractivity contribution in [3.05, 3.63) is 52.5 Å². The van der Waals surface area contributed by atoms with Crippen LogP contribution in [0, 0.1) is 0 Å². The second-order valence-electron chi connectivity index (χ2n) is 5.27.